The summed E-state index contributed by atoms with van der Waals surface area (Å²) in [6.07, 6.45) is 1.70. The van der Waals surface area contributed by atoms with Crippen molar-refractivity contribution in [2.75, 3.05) is 13.2 Å². The summed E-state index contributed by atoms with van der Waals surface area (Å²) in [6, 6.07) is -0.0230. The molecule has 0 aromatic heterocycles. The van der Waals surface area contributed by atoms with Gasteiger partial charge in [-0.1, -0.05) is 6.92 Å². The van der Waals surface area contributed by atoms with Gasteiger partial charge < -0.3 is 19.7 Å². The highest BCUT2D eigenvalue weighted by Gasteiger charge is 2.66. The average molecular weight is 395 g/mol. The van der Waals surface area contributed by atoms with Crippen LogP contribution >= 0.6 is 0 Å². The van der Waals surface area contributed by atoms with Crippen LogP contribution in [-0.4, -0.2) is 53.7 Å². The predicted octanol–water partition coefficient (Wildman–Crippen LogP) is 2.73. The van der Waals surface area contributed by atoms with Gasteiger partial charge in [-0.3, -0.25) is 9.59 Å². The molecular formula is C21H34N2O5. The standard InChI is InChI=1S/C21H34N2O5/c1-7-21(5,6)18(25)27-9-8-22-19(26)28-16-12-10-13-14(11-12)17(24)23(15(13)16)20(2,3)4/h12-16H,7-11H2,1-6H3,(H,22,26). The second-order valence-electron chi connectivity index (χ2n) is 10.0. The molecule has 0 aromatic carbocycles. The van der Waals surface area contributed by atoms with E-state index in [4.69, 9.17) is 9.47 Å². The van der Waals surface area contributed by atoms with E-state index in [-0.39, 0.29) is 54.5 Å². The minimum absolute atomic E-state index is 0.0230. The first-order valence-electron chi connectivity index (χ1n) is 10.4. The molecule has 2 amide bonds. The van der Waals surface area contributed by atoms with Crippen LogP contribution in [0, 0.1) is 23.2 Å². The van der Waals surface area contributed by atoms with Crippen LogP contribution in [0.1, 0.15) is 60.8 Å². The summed E-state index contributed by atoms with van der Waals surface area (Å²) in [6.45, 7) is 12.0. The Morgan fingerprint density at radius 1 is 1.18 bits per heavy atom. The Balaban J connectivity index is 1.51. The maximum Gasteiger partial charge on any atom is 0.407 e. The number of esters is 1. The van der Waals surface area contributed by atoms with Crippen LogP contribution in [0.25, 0.3) is 0 Å². The highest BCUT2D eigenvalue weighted by molar-refractivity contribution is 5.84. The number of likely N-dealkylation sites (tertiary alicyclic amines) is 1. The van der Waals surface area contributed by atoms with Crippen molar-refractivity contribution in [2.24, 2.45) is 23.2 Å². The predicted molar refractivity (Wildman–Crippen MR) is 103 cm³/mol. The van der Waals surface area contributed by atoms with Crippen LogP contribution in [0.3, 0.4) is 0 Å². The topological polar surface area (TPSA) is 84.9 Å². The summed E-state index contributed by atoms with van der Waals surface area (Å²) in [7, 11) is 0. The molecule has 5 unspecified atom stereocenters. The van der Waals surface area contributed by atoms with E-state index in [1.807, 2.05) is 46.4 Å². The van der Waals surface area contributed by atoms with Gasteiger partial charge >= 0.3 is 12.1 Å². The van der Waals surface area contributed by atoms with Gasteiger partial charge in [0, 0.05) is 11.5 Å². The lowest BCUT2D eigenvalue weighted by molar-refractivity contribution is -0.153. The molecule has 2 aliphatic carbocycles. The summed E-state index contributed by atoms with van der Waals surface area (Å²) in [4.78, 5) is 39.0. The van der Waals surface area contributed by atoms with E-state index in [2.05, 4.69) is 5.32 Å². The Bertz CT molecular complexity index is 654. The minimum Gasteiger partial charge on any atom is -0.463 e. The van der Waals surface area contributed by atoms with E-state index in [1.54, 1.807) is 0 Å². The second-order valence-corrected chi connectivity index (χ2v) is 10.0. The Morgan fingerprint density at radius 2 is 1.86 bits per heavy atom. The first-order chi connectivity index (χ1) is 13.0. The van der Waals surface area contributed by atoms with Crippen molar-refractivity contribution in [1.82, 2.24) is 10.2 Å². The first-order valence-corrected chi connectivity index (χ1v) is 10.4. The smallest absolute Gasteiger partial charge is 0.407 e. The maximum absolute atomic E-state index is 12.8. The maximum atomic E-state index is 12.8. The number of ether oxygens (including phenoxy) is 2. The van der Waals surface area contributed by atoms with E-state index in [0.29, 0.717) is 12.3 Å². The molecule has 2 bridgehead atoms. The third kappa shape index (κ3) is 3.60. The highest BCUT2D eigenvalue weighted by Crippen LogP contribution is 2.57. The number of carbonyl (C=O) groups excluding carboxylic acids is 3. The fourth-order valence-corrected chi connectivity index (χ4v) is 4.97. The fraction of sp³-hybridized carbons (Fsp3) is 0.857. The molecule has 0 radical (unpaired) electrons. The van der Waals surface area contributed by atoms with Crippen molar-refractivity contribution < 1.29 is 23.9 Å². The zero-order valence-corrected chi connectivity index (χ0v) is 17.9. The Morgan fingerprint density at radius 3 is 2.46 bits per heavy atom. The lowest BCUT2D eigenvalue weighted by atomic mass is 9.87. The van der Waals surface area contributed by atoms with Crippen molar-refractivity contribution in [3.8, 4) is 0 Å². The zero-order chi connectivity index (χ0) is 20.9. The van der Waals surface area contributed by atoms with Gasteiger partial charge in [0.25, 0.3) is 0 Å². The van der Waals surface area contributed by atoms with Gasteiger partial charge in [-0.2, -0.15) is 0 Å². The zero-order valence-electron chi connectivity index (χ0n) is 17.9. The molecule has 0 spiro atoms. The van der Waals surface area contributed by atoms with Gasteiger partial charge in [0.1, 0.15) is 12.7 Å². The molecule has 1 saturated heterocycles. The van der Waals surface area contributed by atoms with Crippen molar-refractivity contribution in [2.45, 2.75) is 78.5 Å². The van der Waals surface area contributed by atoms with Crippen LogP contribution in [0.4, 0.5) is 4.79 Å². The van der Waals surface area contributed by atoms with E-state index in [1.165, 1.54) is 0 Å². The largest absolute Gasteiger partial charge is 0.463 e. The molecule has 0 aromatic rings. The van der Waals surface area contributed by atoms with Gasteiger partial charge in [0.15, 0.2) is 0 Å². The number of hydrogen-bond donors (Lipinski definition) is 1. The third-order valence-corrected chi connectivity index (χ3v) is 6.75. The van der Waals surface area contributed by atoms with Gasteiger partial charge in [0.05, 0.1) is 18.0 Å². The Labute approximate surface area is 167 Å². The van der Waals surface area contributed by atoms with E-state index < -0.39 is 11.5 Å². The van der Waals surface area contributed by atoms with Gasteiger partial charge in [-0.15, -0.1) is 0 Å². The van der Waals surface area contributed by atoms with Crippen molar-refractivity contribution in [3.63, 3.8) is 0 Å². The quantitative estimate of drug-likeness (QED) is 0.553. The van der Waals surface area contributed by atoms with Gasteiger partial charge in [-0.25, -0.2) is 4.79 Å². The molecule has 5 atom stereocenters. The second kappa shape index (κ2) is 7.23. The number of carbonyl (C=O) groups is 3. The summed E-state index contributed by atoms with van der Waals surface area (Å²) in [5.41, 5.74) is -0.808. The lowest BCUT2D eigenvalue weighted by Gasteiger charge is -2.39. The van der Waals surface area contributed by atoms with Gasteiger partial charge in [-0.05, 0) is 65.7 Å². The molecule has 7 nitrogen and oxygen atoms in total. The van der Waals surface area contributed by atoms with Gasteiger partial charge in [0.2, 0.25) is 5.91 Å². The first kappa shape index (κ1) is 20.9. The molecule has 1 aliphatic heterocycles. The number of fused-ring (bicyclic) bond motifs is 1. The molecule has 7 heteroatoms. The van der Waals surface area contributed by atoms with Crippen LogP contribution in [0.2, 0.25) is 0 Å². The molecule has 3 rings (SSSR count). The summed E-state index contributed by atoms with van der Waals surface area (Å²) >= 11 is 0. The van der Waals surface area contributed by atoms with E-state index in [9.17, 15) is 14.4 Å². The minimum atomic E-state index is -0.522. The molecule has 1 heterocycles. The lowest BCUT2D eigenvalue weighted by Crippen LogP contribution is -2.53. The van der Waals surface area contributed by atoms with Crippen molar-refractivity contribution in [1.29, 1.82) is 0 Å². The molecule has 3 aliphatic rings. The molecular weight excluding hydrogens is 360 g/mol. The normalized spacial score (nSPS) is 31.3. The fourth-order valence-electron chi connectivity index (χ4n) is 4.97. The SMILES string of the molecule is CCC(C)(C)C(=O)OCCNC(=O)OC1C2CC3C(=O)N(C(C)(C)C)C1C3C2. The number of amides is 2. The average Bonchev–Trinajstić information content (AvgIpc) is 3.21. The third-order valence-electron chi connectivity index (χ3n) is 6.75. The molecule has 2 saturated carbocycles. The van der Waals surface area contributed by atoms with E-state index >= 15 is 0 Å². The number of hydrogen-bond acceptors (Lipinski definition) is 5. The Hall–Kier alpha value is -1.79. The highest BCUT2D eigenvalue weighted by atomic mass is 16.6. The van der Waals surface area contributed by atoms with Crippen LogP contribution in [0.15, 0.2) is 0 Å². The van der Waals surface area contributed by atoms with Crippen LogP contribution in [-0.2, 0) is 19.1 Å². The number of nitrogens with zero attached hydrogens (tertiary/aromatic N) is 1. The molecule has 28 heavy (non-hydrogen) atoms. The van der Waals surface area contributed by atoms with E-state index in [0.717, 1.165) is 12.8 Å². The number of rotatable bonds is 6. The van der Waals surface area contributed by atoms with Crippen LogP contribution in [0.5, 0.6) is 0 Å². The molecule has 1 N–H and O–H groups in total. The molecule has 158 valence electrons. The Kier molecular flexibility index (Phi) is 5.40. The summed E-state index contributed by atoms with van der Waals surface area (Å²) < 4.78 is 11.0. The number of alkyl carbamates (subject to hydrolysis) is 1. The monoisotopic (exact) mass is 394 g/mol. The van der Waals surface area contributed by atoms with Crippen molar-refractivity contribution >= 4 is 18.0 Å². The summed E-state index contributed by atoms with van der Waals surface area (Å²) in [5, 5.41) is 2.68. The number of nitrogens with one attached hydrogen (secondary N) is 1. The van der Waals surface area contributed by atoms with Crippen LogP contribution < -0.4 is 5.32 Å². The molecule has 3 fully saturated rings. The van der Waals surface area contributed by atoms with Crippen molar-refractivity contribution in [3.05, 3.63) is 0 Å². The summed E-state index contributed by atoms with van der Waals surface area (Å²) in [5.74, 6) is 0.590.